The number of hydrogen-bond donors (Lipinski definition) is 1. The smallest absolute Gasteiger partial charge is 0.310 e. The molecule has 0 bridgehead atoms. The van der Waals surface area contributed by atoms with Crippen LogP contribution in [0.2, 0.25) is 0 Å². The maximum Gasteiger partial charge on any atom is 0.310 e. The molecule has 1 saturated carbocycles. The van der Waals surface area contributed by atoms with Crippen molar-refractivity contribution in [3.8, 4) is 0 Å². The van der Waals surface area contributed by atoms with E-state index in [4.69, 9.17) is 0 Å². The van der Waals surface area contributed by atoms with Crippen molar-refractivity contribution in [3.05, 3.63) is 29.8 Å². The maximum absolute atomic E-state index is 11.8. The summed E-state index contributed by atoms with van der Waals surface area (Å²) in [5, 5.41) is 9.44. The molecule has 21 heavy (non-hydrogen) atoms. The molecule has 1 fully saturated rings. The Kier molecular flexibility index (Phi) is 5.04. The molecule has 0 radical (unpaired) electrons. The highest BCUT2D eigenvalue weighted by molar-refractivity contribution is 7.91. The van der Waals surface area contributed by atoms with Gasteiger partial charge in [-0.15, -0.1) is 0 Å². The third kappa shape index (κ3) is 3.84. The lowest BCUT2D eigenvalue weighted by Gasteiger charge is -2.17. The van der Waals surface area contributed by atoms with Gasteiger partial charge in [0.1, 0.15) is 0 Å². The molecule has 5 heteroatoms. The summed E-state index contributed by atoms with van der Waals surface area (Å²) in [6.45, 7) is 1.60. The van der Waals surface area contributed by atoms with Crippen molar-refractivity contribution in [3.63, 3.8) is 0 Å². The molecule has 1 N–H and O–H groups in total. The molecule has 116 valence electrons. The Morgan fingerprint density at radius 1 is 1.24 bits per heavy atom. The van der Waals surface area contributed by atoms with E-state index in [1.54, 1.807) is 19.1 Å². The summed E-state index contributed by atoms with van der Waals surface area (Å²) in [4.78, 5) is 11.8. The maximum atomic E-state index is 11.8. The zero-order chi connectivity index (χ0) is 15.5. The Bertz CT molecular complexity index is 583. The number of carboxylic acids is 1. The number of carboxylic acid groups (broad SMARTS) is 1. The van der Waals surface area contributed by atoms with Crippen molar-refractivity contribution in [2.75, 3.05) is 5.75 Å². The molecule has 2 rings (SSSR count). The minimum atomic E-state index is -3.23. The molecule has 0 spiro atoms. The second-order valence-electron chi connectivity index (χ2n) is 5.75. The first-order chi connectivity index (χ1) is 9.94. The summed E-state index contributed by atoms with van der Waals surface area (Å²) in [6, 6.07) is 6.35. The van der Waals surface area contributed by atoms with Crippen LogP contribution in [0.4, 0.5) is 0 Å². The van der Waals surface area contributed by atoms with Gasteiger partial charge in [-0.3, -0.25) is 4.79 Å². The van der Waals surface area contributed by atoms with Crippen molar-refractivity contribution < 1.29 is 18.3 Å². The van der Waals surface area contributed by atoms with Crippen LogP contribution in [0, 0.1) is 5.92 Å². The van der Waals surface area contributed by atoms with Gasteiger partial charge >= 0.3 is 5.97 Å². The van der Waals surface area contributed by atoms with E-state index in [1.165, 1.54) is 25.0 Å². The van der Waals surface area contributed by atoms with Crippen LogP contribution < -0.4 is 0 Å². The summed E-state index contributed by atoms with van der Waals surface area (Å²) >= 11 is 0. The van der Waals surface area contributed by atoms with Crippen LogP contribution in [0.1, 0.15) is 50.5 Å². The number of benzene rings is 1. The molecule has 1 aromatic rings. The van der Waals surface area contributed by atoms with Crippen molar-refractivity contribution >= 4 is 15.8 Å². The average molecular weight is 310 g/mol. The Morgan fingerprint density at radius 3 is 2.29 bits per heavy atom. The highest BCUT2D eigenvalue weighted by Crippen LogP contribution is 2.34. The van der Waals surface area contributed by atoms with Crippen LogP contribution in [-0.2, 0) is 14.6 Å². The van der Waals surface area contributed by atoms with Gasteiger partial charge in [-0.25, -0.2) is 8.42 Å². The van der Waals surface area contributed by atoms with Crippen molar-refractivity contribution in [2.45, 2.75) is 49.8 Å². The molecule has 1 aromatic carbocycles. The first-order valence-electron chi connectivity index (χ1n) is 7.49. The lowest BCUT2D eigenvalue weighted by molar-refractivity contribution is -0.139. The van der Waals surface area contributed by atoms with Crippen LogP contribution in [0.15, 0.2) is 29.2 Å². The largest absolute Gasteiger partial charge is 0.481 e. The number of carbonyl (C=O) groups is 1. The van der Waals surface area contributed by atoms with Gasteiger partial charge in [0, 0.05) is 0 Å². The fourth-order valence-corrected chi connectivity index (χ4v) is 3.92. The summed E-state index contributed by atoms with van der Waals surface area (Å²) < 4.78 is 23.6. The lowest BCUT2D eigenvalue weighted by atomic mass is 9.88. The lowest BCUT2D eigenvalue weighted by Crippen LogP contribution is -2.15. The number of hydrogen-bond acceptors (Lipinski definition) is 3. The second-order valence-corrected chi connectivity index (χ2v) is 8.03. The third-order valence-electron chi connectivity index (χ3n) is 4.36. The van der Waals surface area contributed by atoms with Crippen LogP contribution in [0.25, 0.3) is 0 Å². The van der Waals surface area contributed by atoms with Gasteiger partial charge in [0.15, 0.2) is 9.84 Å². The molecular formula is C16H22O4S. The van der Waals surface area contributed by atoms with Gasteiger partial charge in [0.2, 0.25) is 0 Å². The molecule has 0 saturated heterocycles. The number of aliphatic carboxylic acids is 1. The van der Waals surface area contributed by atoms with Gasteiger partial charge in [0.05, 0.1) is 16.6 Å². The van der Waals surface area contributed by atoms with Gasteiger partial charge in [-0.2, -0.15) is 0 Å². The van der Waals surface area contributed by atoms with Crippen molar-refractivity contribution in [1.82, 2.24) is 0 Å². The summed E-state index contributed by atoms with van der Waals surface area (Å²) in [6.07, 6.45) is 5.22. The van der Waals surface area contributed by atoms with E-state index in [0.29, 0.717) is 17.9 Å². The average Bonchev–Trinajstić information content (AvgIpc) is 2.97. The Balaban J connectivity index is 2.19. The Morgan fingerprint density at radius 2 is 1.81 bits per heavy atom. The zero-order valence-electron chi connectivity index (χ0n) is 12.3. The molecule has 0 heterocycles. The Hall–Kier alpha value is -1.36. The highest BCUT2D eigenvalue weighted by Gasteiger charge is 2.26. The molecule has 0 aliphatic heterocycles. The number of sulfone groups is 1. The molecule has 1 aliphatic rings. The van der Waals surface area contributed by atoms with E-state index in [2.05, 4.69) is 0 Å². The SMILES string of the molecule is CCS(=O)(=O)c1ccc(C(CC2CCCC2)C(=O)O)cc1. The minimum absolute atomic E-state index is 0.0524. The minimum Gasteiger partial charge on any atom is -0.481 e. The second kappa shape index (κ2) is 6.60. The van der Waals surface area contributed by atoms with Crippen LogP contribution in [0.3, 0.4) is 0 Å². The number of rotatable bonds is 6. The predicted octanol–water partition coefficient (Wildman–Crippen LogP) is 3.23. The molecule has 1 unspecified atom stereocenters. The normalized spacial score (nSPS) is 17.8. The zero-order valence-corrected chi connectivity index (χ0v) is 13.1. The molecule has 4 nitrogen and oxygen atoms in total. The molecule has 0 amide bonds. The summed E-state index contributed by atoms with van der Waals surface area (Å²) in [7, 11) is -3.23. The first kappa shape index (κ1) is 16.0. The predicted molar refractivity (Wildman–Crippen MR) is 81.1 cm³/mol. The van der Waals surface area contributed by atoms with E-state index in [9.17, 15) is 18.3 Å². The van der Waals surface area contributed by atoms with Gasteiger partial charge in [-0.05, 0) is 30.0 Å². The third-order valence-corrected chi connectivity index (χ3v) is 6.11. The van der Waals surface area contributed by atoms with Crippen molar-refractivity contribution in [1.29, 1.82) is 0 Å². The molecule has 0 aromatic heterocycles. The van der Waals surface area contributed by atoms with Gasteiger partial charge in [-0.1, -0.05) is 44.7 Å². The molecule has 1 atom stereocenters. The fourth-order valence-electron chi connectivity index (χ4n) is 3.03. The van der Waals surface area contributed by atoms with E-state index >= 15 is 0 Å². The van der Waals surface area contributed by atoms with Gasteiger partial charge < -0.3 is 5.11 Å². The van der Waals surface area contributed by atoms with E-state index < -0.39 is 21.7 Å². The van der Waals surface area contributed by atoms with Crippen LogP contribution in [-0.4, -0.2) is 25.2 Å². The van der Waals surface area contributed by atoms with Crippen LogP contribution in [0.5, 0.6) is 0 Å². The van der Waals surface area contributed by atoms with E-state index in [1.807, 2.05) is 0 Å². The molecule has 1 aliphatic carbocycles. The first-order valence-corrected chi connectivity index (χ1v) is 9.14. The molecular weight excluding hydrogens is 288 g/mol. The van der Waals surface area contributed by atoms with Gasteiger partial charge in [0.25, 0.3) is 0 Å². The van der Waals surface area contributed by atoms with Crippen LogP contribution >= 0.6 is 0 Å². The highest BCUT2D eigenvalue weighted by atomic mass is 32.2. The quantitative estimate of drug-likeness (QED) is 0.875. The fraction of sp³-hybridized carbons (Fsp3) is 0.562. The standard InChI is InChI=1S/C16H22O4S/c1-2-21(19,20)14-9-7-13(8-10-14)15(16(17)18)11-12-5-3-4-6-12/h7-10,12,15H,2-6,11H2,1H3,(H,17,18). The van der Waals surface area contributed by atoms with E-state index in [-0.39, 0.29) is 10.6 Å². The topological polar surface area (TPSA) is 71.4 Å². The Labute approximate surface area is 126 Å². The summed E-state index contributed by atoms with van der Waals surface area (Å²) in [5.41, 5.74) is 0.699. The monoisotopic (exact) mass is 310 g/mol. The summed E-state index contributed by atoms with van der Waals surface area (Å²) in [5.74, 6) is -0.832. The van der Waals surface area contributed by atoms with E-state index in [0.717, 1.165) is 12.8 Å². The van der Waals surface area contributed by atoms with Crippen molar-refractivity contribution in [2.24, 2.45) is 5.92 Å².